The summed E-state index contributed by atoms with van der Waals surface area (Å²) in [6.45, 7) is 0. The monoisotopic (exact) mass is 353 g/mol. The van der Waals surface area contributed by atoms with Gasteiger partial charge >= 0.3 is 0 Å². The van der Waals surface area contributed by atoms with Gasteiger partial charge in [-0.15, -0.1) is 0 Å². The van der Waals surface area contributed by atoms with Crippen LogP contribution in [-0.2, 0) is 15.6 Å². The molecule has 0 radical (unpaired) electrons. The Kier molecular flexibility index (Phi) is 3.47. The molecule has 1 aliphatic rings. The third kappa shape index (κ3) is 3.06. The van der Waals surface area contributed by atoms with Crippen molar-refractivity contribution in [2.45, 2.75) is 5.75 Å². The fourth-order valence-corrected chi connectivity index (χ4v) is 3.74. The molecule has 2 aromatic carbocycles. The standard InChI is InChI=1S/C18H15N3O3S/c1-25(23,24)10-12-3-5-16-14(7-12)15(18(22)20-16)6-11-2-4-13-9-19-21-17(13)8-11/h2-9,20,22H,10H2,1H3/b11-6+. The Balaban J connectivity index is 1.88. The smallest absolute Gasteiger partial charge is 0.196 e. The first-order valence-corrected chi connectivity index (χ1v) is 9.69. The molecule has 0 bridgehead atoms. The molecule has 2 heterocycles. The molecule has 1 aromatic heterocycles. The molecule has 25 heavy (non-hydrogen) atoms. The summed E-state index contributed by atoms with van der Waals surface area (Å²) < 4.78 is 23.1. The fourth-order valence-electron chi connectivity index (χ4n) is 2.95. The number of benzene rings is 2. The number of sulfone groups is 1. The molecule has 0 spiro atoms. The Labute approximate surface area is 143 Å². The number of aromatic amines is 1. The van der Waals surface area contributed by atoms with Crippen molar-refractivity contribution in [2.24, 2.45) is 10.2 Å². The third-order valence-electron chi connectivity index (χ3n) is 4.04. The van der Waals surface area contributed by atoms with Crippen molar-refractivity contribution < 1.29 is 13.5 Å². The molecule has 0 aliphatic carbocycles. The fraction of sp³-hybridized carbons (Fsp3) is 0.111. The van der Waals surface area contributed by atoms with Crippen molar-refractivity contribution in [2.75, 3.05) is 6.26 Å². The van der Waals surface area contributed by atoms with E-state index in [0.717, 1.165) is 27.0 Å². The quantitative estimate of drug-likeness (QED) is 0.755. The van der Waals surface area contributed by atoms with Gasteiger partial charge in [0.25, 0.3) is 0 Å². The van der Waals surface area contributed by atoms with Gasteiger partial charge in [-0.3, -0.25) is 0 Å². The molecule has 3 aromatic rings. The largest absolute Gasteiger partial charge is 0.494 e. The number of H-pyrrole nitrogens is 1. The Morgan fingerprint density at radius 3 is 2.84 bits per heavy atom. The molecule has 0 saturated heterocycles. The van der Waals surface area contributed by atoms with Crippen molar-refractivity contribution in [1.29, 1.82) is 0 Å². The van der Waals surface area contributed by atoms with E-state index in [1.54, 1.807) is 24.4 Å². The average molecular weight is 353 g/mol. The number of hydrogen-bond donors (Lipinski definition) is 2. The zero-order chi connectivity index (χ0) is 17.6. The zero-order valence-corrected chi connectivity index (χ0v) is 14.2. The summed E-state index contributed by atoms with van der Waals surface area (Å²) in [5.74, 6) is 0.00354. The van der Waals surface area contributed by atoms with E-state index in [2.05, 4.69) is 15.2 Å². The molecular formula is C18H15N3O3S. The Morgan fingerprint density at radius 2 is 2.04 bits per heavy atom. The van der Waals surface area contributed by atoms with Gasteiger partial charge in [0.05, 0.1) is 17.6 Å². The minimum absolute atomic E-state index is 0.0383. The van der Waals surface area contributed by atoms with Crippen LogP contribution < -0.4 is 10.4 Å². The van der Waals surface area contributed by atoms with Crippen LogP contribution in [0.25, 0.3) is 23.2 Å². The van der Waals surface area contributed by atoms with Gasteiger partial charge in [-0.25, -0.2) is 8.42 Å². The van der Waals surface area contributed by atoms with E-state index >= 15 is 0 Å². The minimum atomic E-state index is -3.13. The van der Waals surface area contributed by atoms with Crippen molar-refractivity contribution in [3.8, 4) is 5.88 Å². The molecule has 6 nitrogen and oxygen atoms in total. The van der Waals surface area contributed by atoms with Crippen LogP contribution in [0.2, 0.25) is 0 Å². The summed E-state index contributed by atoms with van der Waals surface area (Å²) in [6.07, 6.45) is 4.74. The lowest BCUT2D eigenvalue weighted by Gasteiger charge is -2.00. The number of nitrogens with zero attached hydrogens (tertiary/aromatic N) is 2. The maximum atomic E-state index is 11.5. The molecular weight excluding hydrogens is 338 g/mol. The average Bonchev–Trinajstić information content (AvgIpc) is 3.11. The van der Waals surface area contributed by atoms with E-state index < -0.39 is 9.84 Å². The van der Waals surface area contributed by atoms with E-state index in [1.165, 1.54) is 6.26 Å². The molecule has 0 amide bonds. The summed E-state index contributed by atoms with van der Waals surface area (Å²) in [5, 5.41) is 20.8. The first-order chi connectivity index (χ1) is 11.9. The van der Waals surface area contributed by atoms with E-state index in [0.29, 0.717) is 11.1 Å². The first-order valence-electron chi connectivity index (χ1n) is 7.63. The second-order valence-electron chi connectivity index (χ2n) is 6.14. The number of azo groups is 1. The van der Waals surface area contributed by atoms with Crippen molar-refractivity contribution in [1.82, 2.24) is 4.98 Å². The number of rotatable bonds is 3. The molecule has 0 fully saturated rings. The van der Waals surface area contributed by atoms with E-state index in [-0.39, 0.29) is 11.6 Å². The predicted octanol–water partition coefficient (Wildman–Crippen LogP) is 2.08. The lowest BCUT2D eigenvalue weighted by molar-refractivity contribution is 0.457. The highest BCUT2D eigenvalue weighted by atomic mass is 32.2. The van der Waals surface area contributed by atoms with Crippen LogP contribution in [0, 0.1) is 0 Å². The van der Waals surface area contributed by atoms with Crippen LogP contribution in [0.15, 0.2) is 46.6 Å². The third-order valence-corrected chi connectivity index (χ3v) is 4.90. The maximum Gasteiger partial charge on any atom is 0.196 e. The minimum Gasteiger partial charge on any atom is -0.494 e. The number of aromatic nitrogens is 1. The first kappa shape index (κ1) is 15.6. The van der Waals surface area contributed by atoms with Crippen LogP contribution >= 0.6 is 0 Å². The van der Waals surface area contributed by atoms with Gasteiger partial charge < -0.3 is 10.1 Å². The molecule has 2 N–H and O–H groups in total. The molecule has 7 heteroatoms. The van der Waals surface area contributed by atoms with Gasteiger partial charge in [0.2, 0.25) is 0 Å². The second kappa shape index (κ2) is 5.56. The van der Waals surface area contributed by atoms with Crippen LogP contribution in [0.5, 0.6) is 5.88 Å². The van der Waals surface area contributed by atoms with Gasteiger partial charge in [-0.2, -0.15) is 10.2 Å². The van der Waals surface area contributed by atoms with Crippen LogP contribution in [0.4, 0.5) is 5.69 Å². The van der Waals surface area contributed by atoms with E-state index in [4.69, 9.17) is 0 Å². The molecule has 1 aliphatic heterocycles. The summed E-state index contributed by atoms with van der Waals surface area (Å²) in [6, 6.07) is 11.0. The van der Waals surface area contributed by atoms with Gasteiger partial charge in [0, 0.05) is 27.9 Å². The number of aromatic hydroxyl groups is 1. The topological polar surface area (TPSA) is 94.9 Å². The van der Waals surface area contributed by atoms with Crippen molar-refractivity contribution in [3.05, 3.63) is 58.0 Å². The van der Waals surface area contributed by atoms with Gasteiger partial charge in [0.1, 0.15) is 0 Å². The SMILES string of the molecule is CS(=O)(=O)Cc1ccc2[nH]c(O)c(/C=c3\ccc4c(c3)N=NC=4)c2c1. The Hall–Kier alpha value is -2.93. The van der Waals surface area contributed by atoms with Gasteiger partial charge in [0.15, 0.2) is 15.7 Å². The van der Waals surface area contributed by atoms with Crippen molar-refractivity contribution >= 4 is 38.7 Å². The number of nitrogens with one attached hydrogen (secondary N) is 1. The summed E-state index contributed by atoms with van der Waals surface area (Å²) in [4.78, 5) is 2.92. The summed E-state index contributed by atoms with van der Waals surface area (Å²) in [7, 11) is -3.13. The summed E-state index contributed by atoms with van der Waals surface area (Å²) in [5.41, 5.74) is 2.83. The van der Waals surface area contributed by atoms with Gasteiger partial charge in [-0.05, 0) is 35.1 Å². The highest BCUT2D eigenvalue weighted by Crippen LogP contribution is 2.29. The van der Waals surface area contributed by atoms with Crippen LogP contribution in [0.3, 0.4) is 0 Å². The van der Waals surface area contributed by atoms with Crippen LogP contribution in [0.1, 0.15) is 11.1 Å². The molecule has 126 valence electrons. The molecule has 0 saturated carbocycles. The maximum absolute atomic E-state index is 11.5. The molecule has 0 atom stereocenters. The predicted molar refractivity (Wildman–Crippen MR) is 96.8 cm³/mol. The highest BCUT2D eigenvalue weighted by molar-refractivity contribution is 7.89. The highest BCUT2D eigenvalue weighted by Gasteiger charge is 2.11. The van der Waals surface area contributed by atoms with E-state index in [1.807, 2.05) is 24.3 Å². The van der Waals surface area contributed by atoms with Crippen molar-refractivity contribution in [3.63, 3.8) is 0 Å². The van der Waals surface area contributed by atoms with Crippen LogP contribution in [-0.4, -0.2) is 24.8 Å². The Bertz CT molecular complexity index is 1250. The lowest BCUT2D eigenvalue weighted by atomic mass is 10.1. The second-order valence-corrected chi connectivity index (χ2v) is 8.28. The molecule has 4 rings (SSSR count). The summed E-state index contributed by atoms with van der Waals surface area (Å²) >= 11 is 0. The zero-order valence-electron chi connectivity index (χ0n) is 13.4. The molecule has 0 unspecified atom stereocenters. The Morgan fingerprint density at radius 1 is 1.20 bits per heavy atom. The normalized spacial score (nSPS) is 14.0. The lowest BCUT2D eigenvalue weighted by Crippen LogP contribution is -2.06. The van der Waals surface area contributed by atoms with Gasteiger partial charge in [-0.1, -0.05) is 18.2 Å². The number of hydrogen-bond acceptors (Lipinski definition) is 5. The number of fused-ring (bicyclic) bond motifs is 2. The van der Waals surface area contributed by atoms with E-state index in [9.17, 15) is 13.5 Å².